The normalized spacial score (nSPS) is 21.2. The minimum Gasteiger partial charge on any atom is -0.348 e. The van der Waals surface area contributed by atoms with E-state index in [0.29, 0.717) is 44.5 Å². The lowest BCUT2D eigenvalue weighted by Crippen LogP contribution is -2.51. The Morgan fingerprint density at radius 2 is 1.75 bits per heavy atom. The van der Waals surface area contributed by atoms with Crippen LogP contribution in [0.4, 0.5) is 0 Å². The Hall–Kier alpha value is -3.30. The SMILES string of the molecule is CC(C)C1CCC2(CC1)N=C(c1cc(Cl)cc(Cl)c1)C(=O)N2[C@H](CCC(C)(C)C)c1ccc(C(=O)NCc2nnn[n-]2)cc1. The van der Waals surface area contributed by atoms with Gasteiger partial charge in [0.1, 0.15) is 11.4 Å². The van der Waals surface area contributed by atoms with Gasteiger partial charge in [0, 0.05) is 33.5 Å². The average Bonchev–Trinajstić information content (AvgIpc) is 3.58. The number of aromatic nitrogens is 4. The van der Waals surface area contributed by atoms with Crippen LogP contribution in [0.2, 0.25) is 10.0 Å². The van der Waals surface area contributed by atoms with Crippen LogP contribution in [0.3, 0.4) is 0 Å². The molecule has 0 saturated heterocycles. The van der Waals surface area contributed by atoms with E-state index in [1.54, 1.807) is 30.3 Å². The first-order chi connectivity index (χ1) is 20.8. The summed E-state index contributed by atoms with van der Waals surface area (Å²) >= 11 is 12.8. The lowest BCUT2D eigenvalue weighted by atomic mass is 9.75. The second-order valence-electron chi connectivity index (χ2n) is 13.6. The van der Waals surface area contributed by atoms with Crippen molar-refractivity contribution in [1.82, 2.24) is 30.8 Å². The predicted molar refractivity (Wildman–Crippen MR) is 172 cm³/mol. The van der Waals surface area contributed by atoms with E-state index in [1.807, 2.05) is 17.0 Å². The Morgan fingerprint density at radius 1 is 1.09 bits per heavy atom. The topological polar surface area (TPSA) is 115 Å². The van der Waals surface area contributed by atoms with Crippen molar-refractivity contribution < 1.29 is 9.59 Å². The molecule has 2 heterocycles. The molecule has 0 unspecified atom stereocenters. The predicted octanol–water partition coefficient (Wildman–Crippen LogP) is 6.81. The zero-order valence-corrected chi connectivity index (χ0v) is 27.5. The summed E-state index contributed by atoms with van der Waals surface area (Å²) in [6.45, 7) is 11.3. The van der Waals surface area contributed by atoms with Crippen molar-refractivity contribution in [2.24, 2.45) is 22.2 Å². The van der Waals surface area contributed by atoms with Gasteiger partial charge in [-0.1, -0.05) is 70.0 Å². The monoisotopic (exact) mass is 636 g/mol. The van der Waals surface area contributed by atoms with Gasteiger partial charge in [0.2, 0.25) is 0 Å². The molecular formula is C33H40Cl2N7O2-. The number of hydrogen-bond donors (Lipinski definition) is 1. The van der Waals surface area contributed by atoms with E-state index < -0.39 is 5.66 Å². The molecule has 0 bridgehead atoms. The maximum Gasteiger partial charge on any atom is 0.275 e. The maximum absolute atomic E-state index is 14.6. The molecule has 1 aliphatic carbocycles. The third-order valence-corrected chi connectivity index (χ3v) is 9.34. The van der Waals surface area contributed by atoms with Crippen molar-refractivity contribution in [1.29, 1.82) is 0 Å². The smallest absolute Gasteiger partial charge is 0.275 e. The van der Waals surface area contributed by atoms with Gasteiger partial charge < -0.3 is 15.3 Å². The standard InChI is InChI=1S/C33H41Cl2N7O2/c1-20(2)21-10-14-33(15-11-21)37-29(24-16-25(34)18-26(35)17-24)31(44)42(33)27(12-13-32(3,4)5)22-6-8-23(9-7-22)30(43)36-19-28-38-40-41-39-28/h6-9,16-18,20-21,27H,10-15,19H2,1-5H3,(H2,36,38,39,40,41,43)/p-1/t21?,27-,33?/m1/s1. The first kappa shape index (κ1) is 32.1. The van der Waals surface area contributed by atoms with Crippen LogP contribution >= 0.6 is 23.2 Å². The van der Waals surface area contributed by atoms with Gasteiger partial charge >= 0.3 is 0 Å². The Kier molecular flexibility index (Phi) is 9.47. The van der Waals surface area contributed by atoms with Crippen molar-refractivity contribution in [2.45, 2.75) is 91.4 Å². The summed E-state index contributed by atoms with van der Waals surface area (Å²) in [5.41, 5.74) is 1.92. The first-order valence-corrected chi connectivity index (χ1v) is 16.1. The number of nitrogens with one attached hydrogen (secondary N) is 1. The second-order valence-corrected chi connectivity index (χ2v) is 14.4. The molecule has 1 fully saturated rings. The van der Waals surface area contributed by atoms with Crippen molar-refractivity contribution in [2.75, 3.05) is 0 Å². The second kappa shape index (κ2) is 13.0. The number of carbonyl (C=O) groups is 2. The maximum atomic E-state index is 14.6. The molecule has 1 aliphatic heterocycles. The molecule has 1 atom stereocenters. The van der Waals surface area contributed by atoms with Crippen molar-refractivity contribution in [3.63, 3.8) is 0 Å². The van der Waals surface area contributed by atoms with Crippen LogP contribution in [-0.4, -0.2) is 43.6 Å². The summed E-state index contributed by atoms with van der Waals surface area (Å²) in [4.78, 5) is 34.7. The van der Waals surface area contributed by atoms with E-state index in [9.17, 15) is 9.59 Å². The molecule has 11 heteroatoms. The molecule has 2 amide bonds. The van der Waals surface area contributed by atoms with Gasteiger partial charge in [-0.2, -0.15) is 5.21 Å². The summed E-state index contributed by atoms with van der Waals surface area (Å²) < 4.78 is 0. The third-order valence-electron chi connectivity index (χ3n) is 8.90. The van der Waals surface area contributed by atoms with E-state index in [0.717, 1.165) is 44.1 Å². The molecule has 1 aromatic heterocycles. The van der Waals surface area contributed by atoms with Gasteiger partial charge in [0.05, 0.1) is 6.04 Å². The molecule has 44 heavy (non-hydrogen) atoms. The minimum absolute atomic E-state index is 0.0556. The number of benzene rings is 2. The lowest BCUT2D eigenvalue weighted by Gasteiger charge is -2.46. The van der Waals surface area contributed by atoms with Crippen molar-refractivity contribution >= 4 is 40.7 Å². The largest absolute Gasteiger partial charge is 0.348 e. The van der Waals surface area contributed by atoms with Crippen LogP contribution in [0, 0.1) is 17.3 Å². The quantitative estimate of drug-likeness (QED) is 0.276. The molecule has 9 nitrogen and oxygen atoms in total. The summed E-state index contributed by atoms with van der Waals surface area (Å²) in [6, 6.07) is 12.5. The molecule has 0 radical (unpaired) electrons. The lowest BCUT2D eigenvalue weighted by molar-refractivity contribution is -0.133. The molecule has 3 aromatic rings. The van der Waals surface area contributed by atoms with Crippen LogP contribution in [-0.2, 0) is 11.3 Å². The van der Waals surface area contributed by atoms with Crippen molar-refractivity contribution in [3.8, 4) is 0 Å². The molecule has 2 aromatic carbocycles. The van der Waals surface area contributed by atoms with E-state index >= 15 is 0 Å². The number of aliphatic imine (C=N–C) groups is 1. The Morgan fingerprint density at radius 3 is 2.32 bits per heavy atom. The van der Waals surface area contributed by atoms with Gasteiger partial charge in [-0.05, 0) is 91.7 Å². The number of carbonyl (C=O) groups excluding carboxylic acids is 2. The van der Waals surface area contributed by atoms with Crippen LogP contribution in [0.1, 0.15) is 106 Å². The highest BCUT2D eigenvalue weighted by Gasteiger charge is 2.52. The highest BCUT2D eigenvalue weighted by Crippen LogP contribution is 2.48. The molecular weight excluding hydrogens is 597 g/mol. The Labute approximate surface area is 269 Å². The number of halogens is 2. The van der Waals surface area contributed by atoms with Crippen LogP contribution in [0.5, 0.6) is 0 Å². The number of nitrogens with zero attached hydrogens (tertiary/aromatic N) is 6. The first-order valence-electron chi connectivity index (χ1n) is 15.3. The van der Waals surface area contributed by atoms with Gasteiger partial charge in [-0.3, -0.25) is 24.9 Å². The van der Waals surface area contributed by atoms with Crippen molar-refractivity contribution in [3.05, 3.63) is 75.0 Å². The number of rotatable bonds is 9. The Bertz CT molecular complexity index is 1490. The highest BCUT2D eigenvalue weighted by atomic mass is 35.5. The van der Waals surface area contributed by atoms with E-state index in [-0.39, 0.29) is 29.8 Å². The van der Waals surface area contributed by atoms with Gasteiger partial charge in [-0.25, -0.2) is 0 Å². The number of hydrogen-bond acceptors (Lipinski definition) is 6. The summed E-state index contributed by atoms with van der Waals surface area (Å²) in [5.74, 6) is 1.15. The minimum atomic E-state index is -0.660. The summed E-state index contributed by atoms with van der Waals surface area (Å²) in [7, 11) is 0. The number of tetrazole rings is 1. The fourth-order valence-electron chi connectivity index (χ4n) is 6.41. The van der Waals surface area contributed by atoms with Crippen LogP contribution in [0.15, 0.2) is 47.5 Å². The fourth-order valence-corrected chi connectivity index (χ4v) is 6.94. The zero-order chi connectivity index (χ0) is 31.6. The summed E-state index contributed by atoms with van der Waals surface area (Å²) in [5, 5.41) is 18.1. The van der Waals surface area contributed by atoms with Gasteiger partial charge in [0.25, 0.3) is 11.8 Å². The molecule has 234 valence electrons. The molecule has 5 rings (SSSR count). The molecule has 1 saturated carbocycles. The Balaban J connectivity index is 1.50. The molecule has 2 aliphatic rings. The molecule has 1 spiro atoms. The summed E-state index contributed by atoms with van der Waals surface area (Å²) in [6.07, 6.45) is 5.23. The van der Waals surface area contributed by atoms with Gasteiger partial charge in [-0.15, -0.1) is 0 Å². The van der Waals surface area contributed by atoms with E-state index in [4.69, 9.17) is 28.2 Å². The van der Waals surface area contributed by atoms with E-state index in [1.165, 1.54) is 0 Å². The molecule has 1 N–H and O–H groups in total. The third kappa shape index (κ3) is 7.15. The van der Waals surface area contributed by atoms with E-state index in [2.05, 4.69) is 60.6 Å². The zero-order valence-electron chi connectivity index (χ0n) is 26.0. The highest BCUT2D eigenvalue weighted by molar-refractivity contribution is 6.47. The fraction of sp³-hybridized carbons (Fsp3) is 0.515. The average molecular weight is 638 g/mol. The van der Waals surface area contributed by atoms with Crippen LogP contribution < -0.4 is 10.4 Å². The van der Waals surface area contributed by atoms with Gasteiger partial charge in [0.15, 0.2) is 0 Å². The van der Waals surface area contributed by atoms with Crippen LogP contribution in [0.25, 0.3) is 0 Å². The number of amides is 2.